The summed E-state index contributed by atoms with van der Waals surface area (Å²) in [6.07, 6.45) is 4.83. The van der Waals surface area contributed by atoms with Crippen LogP contribution in [0.5, 0.6) is 5.75 Å². The molecule has 0 fully saturated rings. The predicted octanol–water partition coefficient (Wildman–Crippen LogP) is 3.26. The van der Waals surface area contributed by atoms with Crippen LogP contribution in [0.4, 0.5) is 0 Å². The van der Waals surface area contributed by atoms with Gasteiger partial charge in [0.2, 0.25) is 0 Å². The summed E-state index contributed by atoms with van der Waals surface area (Å²) in [5.41, 5.74) is 1.20. The van der Waals surface area contributed by atoms with E-state index in [-0.39, 0.29) is 0 Å². The van der Waals surface area contributed by atoms with Gasteiger partial charge in [-0.1, -0.05) is 22.9 Å². The quantitative estimate of drug-likeness (QED) is 0.788. The lowest BCUT2D eigenvalue weighted by molar-refractivity contribution is 0.291. The second-order valence-corrected chi connectivity index (χ2v) is 5.53. The molecule has 0 atom stereocenters. The van der Waals surface area contributed by atoms with Crippen molar-refractivity contribution in [2.75, 3.05) is 6.54 Å². The van der Waals surface area contributed by atoms with Crippen LogP contribution in [0.1, 0.15) is 24.7 Å². The fourth-order valence-corrected chi connectivity index (χ4v) is 2.25. The predicted molar refractivity (Wildman–Crippen MR) is 83.7 cm³/mol. The van der Waals surface area contributed by atoms with Crippen molar-refractivity contribution < 1.29 is 4.74 Å². The Kier molecular flexibility index (Phi) is 5.61. The number of aryl methyl sites for hydroxylation is 1. The van der Waals surface area contributed by atoms with Crippen molar-refractivity contribution in [2.24, 2.45) is 7.05 Å². The van der Waals surface area contributed by atoms with Gasteiger partial charge in [0.05, 0.1) is 0 Å². The van der Waals surface area contributed by atoms with Crippen LogP contribution in [0.3, 0.4) is 0 Å². The van der Waals surface area contributed by atoms with Crippen LogP contribution < -0.4 is 10.1 Å². The summed E-state index contributed by atoms with van der Waals surface area (Å²) in [6.45, 7) is 4.50. The summed E-state index contributed by atoms with van der Waals surface area (Å²) in [5, 5.41) is 3.40. The number of nitrogens with zero attached hydrogens (tertiary/aromatic N) is 2. The number of benzene rings is 1. The Hall–Kier alpha value is -1.33. The van der Waals surface area contributed by atoms with Crippen LogP contribution in [0.15, 0.2) is 35.1 Å². The van der Waals surface area contributed by atoms with E-state index in [4.69, 9.17) is 4.74 Å². The Morgan fingerprint density at radius 1 is 1.40 bits per heavy atom. The zero-order valence-electron chi connectivity index (χ0n) is 11.9. The first-order valence-corrected chi connectivity index (χ1v) is 7.58. The summed E-state index contributed by atoms with van der Waals surface area (Å²) in [5.74, 6) is 1.78. The zero-order valence-corrected chi connectivity index (χ0v) is 13.5. The molecule has 4 nitrogen and oxygen atoms in total. The molecular weight excluding hydrogens is 318 g/mol. The molecule has 0 radical (unpaired) electrons. The number of imidazole rings is 1. The second-order valence-electron chi connectivity index (χ2n) is 4.67. The number of hydrogen-bond acceptors (Lipinski definition) is 3. The summed E-state index contributed by atoms with van der Waals surface area (Å²) < 4.78 is 8.86. The third-order valence-corrected chi connectivity index (χ3v) is 3.82. The fourth-order valence-electron chi connectivity index (χ4n) is 1.86. The molecule has 0 bridgehead atoms. The van der Waals surface area contributed by atoms with Gasteiger partial charge in [-0.2, -0.15) is 0 Å². The molecule has 0 aliphatic heterocycles. The molecule has 5 heteroatoms. The smallest absolute Gasteiger partial charge is 0.146 e. The number of hydrogen-bond donors (Lipinski definition) is 1. The fraction of sp³-hybridized carbons (Fsp3) is 0.400. The maximum Gasteiger partial charge on any atom is 0.146 e. The minimum Gasteiger partial charge on any atom is -0.486 e. The molecule has 0 unspecified atom stereocenters. The van der Waals surface area contributed by atoms with Crippen molar-refractivity contribution in [3.63, 3.8) is 0 Å². The molecule has 1 N–H and O–H groups in total. The van der Waals surface area contributed by atoms with Crippen LogP contribution >= 0.6 is 15.9 Å². The highest BCUT2D eigenvalue weighted by Crippen LogP contribution is 2.23. The molecular formula is C15H20BrN3O. The van der Waals surface area contributed by atoms with E-state index in [0.29, 0.717) is 6.61 Å². The SMILES string of the molecule is CCCNCc1cc(OCc2nccn2C)ccc1Br. The first kappa shape index (κ1) is 15.1. The largest absolute Gasteiger partial charge is 0.486 e. The van der Waals surface area contributed by atoms with Crippen molar-refractivity contribution in [1.82, 2.24) is 14.9 Å². The van der Waals surface area contributed by atoms with Crippen molar-refractivity contribution in [1.29, 1.82) is 0 Å². The van der Waals surface area contributed by atoms with Gasteiger partial charge in [-0.25, -0.2) is 4.98 Å². The van der Waals surface area contributed by atoms with Gasteiger partial charge in [0, 0.05) is 30.5 Å². The number of ether oxygens (including phenoxy) is 1. The molecule has 2 aromatic rings. The van der Waals surface area contributed by atoms with Crippen LogP contribution in [0.2, 0.25) is 0 Å². The number of rotatable bonds is 7. The molecule has 0 saturated heterocycles. The van der Waals surface area contributed by atoms with Crippen LogP contribution in [-0.2, 0) is 20.2 Å². The van der Waals surface area contributed by atoms with Crippen molar-refractivity contribution in [2.45, 2.75) is 26.5 Å². The Morgan fingerprint density at radius 3 is 2.95 bits per heavy atom. The Morgan fingerprint density at radius 2 is 2.25 bits per heavy atom. The number of aromatic nitrogens is 2. The Bertz CT molecular complexity index is 554. The summed E-state index contributed by atoms with van der Waals surface area (Å²) in [4.78, 5) is 4.25. The minimum absolute atomic E-state index is 0.479. The van der Waals surface area contributed by atoms with Gasteiger partial charge >= 0.3 is 0 Å². The van der Waals surface area contributed by atoms with Gasteiger partial charge in [0.1, 0.15) is 18.2 Å². The lowest BCUT2D eigenvalue weighted by atomic mass is 10.2. The van der Waals surface area contributed by atoms with Gasteiger partial charge in [-0.15, -0.1) is 0 Å². The average molecular weight is 338 g/mol. The highest BCUT2D eigenvalue weighted by Gasteiger charge is 2.04. The van der Waals surface area contributed by atoms with E-state index in [9.17, 15) is 0 Å². The van der Waals surface area contributed by atoms with Gasteiger partial charge in [0.25, 0.3) is 0 Å². The summed E-state index contributed by atoms with van der Waals surface area (Å²) in [7, 11) is 1.97. The van der Waals surface area contributed by atoms with E-state index in [1.54, 1.807) is 6.20 Å². The molecule has 108 valence electrons. The minimum atomic E-state index is 0.479. The Balaban J connectivity index is 1.98. The number of nitrogens with one attached hydrogen (secondary N) is 1. The molecule has 0 spiro atoms. The van der Waals surface area contributed by atoms with Gasteiger partial charge in [-0.3, -0.25) is 0 Å². The lowest BCUT2D eigenvalue weighted by Gasteiger charge is -2.10. The van der Waals surface area contributed by atoms with Crippen molar-refractivity contribution in [3.05, 3.63) is 46.5 Å². The third-order valence-electron chi connectivity index (χ3n) is 3.05. The second kappa shape index (κ2) is 7.45. The van der Waals surface area contributed by atoms with E-state index in [1.807, 2.05) is 29.9 Å². The van der Waals surface area contributed by atoms with Gasteiger partial charge in [-0.05, 0) is 36.7 Å². The highest BCUT2D eigenvalue weighted by molar-refractivity contribution is 9.10. The molecule has 1 heterocycles. The van der Waals surface area contributed by atoms with E-state index in [0.717, 1.165) is 35.6 Å². The maximum absolute atomic E-state index is 5.80. The molecule has 20 heavy (non-hydrogen) atoms. The molecule has 1 aromatic carbocycles. The van der Waals surface area contributed by atoms with E-state index in [1.165, 1.54) is 5.56 Å². The topological polar surface area (TPSA) is 39.1 Å². The highest BCUT2D eigenvalue weighted by atomic mass is 79.9. The van der Waals surface area contributed by atoms with Crippen molar-refractivity contribution in [3.8, 4) is 5.75 Å². The number of halogens is 1. The molecule has 0 aliphatic carbocycles. The molecule has 0 aliphatic rings. The van der Waals surface area contributed by atoms with Crippen molar-refractivity contribution >= 4 is 15.9 Å². The van der Waals surface area contributed by atoms with E-state index < -0.39 is 0 Å². The van der Waals surface area contributed by atoms with Crippen LogP contribution in [-0.4, -0.2) is 16.1 Å². The van der Waals surface area contributed by atoms with E-state index in [2.05, 4.69) is 39.2 Å². The molecule has 1 aromatic heterocycles. The normalized spacial score (nSPS) is 10.8. The average Bonchev–Trinajstić information content (AvgIpc) is 2.85. The molecule has 2 rings (SSSR count). The first-order chi connectivity index (χ1) is 9.70. The third kappa shape index (κ3) is 4.08. The Labute approximate surface area is 128 Å². The first-order valence-electron chi connectivity index (χ1n) is 6.79. The summed E-state index contributed by atoms with van der Waals surface area (Å²) in [6, 6.07) is 6.06. The maximum atomic E-state index is 5.80. The summed E-state index contributed by atoms with van der Waals surface area (Å²) >= 11 is 3.57. The van der Waals surface area contributed by atoms with Gasteiger partial charge in [0.15, 0.2) is 0 Å². The van der Waals surface area contributed by atoms with Crippen LogP contribution in [0.25, 0.3) is 0 Å². The standard InChI is InChI=1S/C15H20BrN3O/c1-3-6-17-10-12-9-13(4-5-14(12)16)20-11-15-18-7-8-19(15)2/h4-5,7-9,17H,3,6,10-11H2,1-2H3. The molecule has 0 saturated carbocycles. The van der Waals surface area contributed by atoms with E-state index >= 15 is 0 Å². The zero-order chi connectivity index (χ0) is 14.4. The molecule has 0 amide bonds. The van der Waals surface area contributed by atoms with Crippen LogP contribution in [0, 0.1) is 0 Å². The monoisotopic (exact) mass is 337 g/mol. The van der Waals surface area contributed by atoms with Gasteiger partial charge < -0.3 is 14.6 Å². The lowest BCUT2D eigenvalue weighted by Crippen LogP contribution is -2.14.